The third-order valence-electron chi connectivity index (χ3n) is 3.90. The van der Waals surface area contributed by atoms with Crippen LogP contribution in [0.5, 0.6) is 0 Å². The van der Waals surface area contributed by atoms with Crippen molar-refractivity contribution in [2.24, 2.45) is 7.05 Å². The first-order valence-electron chi connectivity index (χ1n) is 7.84. The third-order valence-corrected chi connectivity index (χ3v) is 3.90. The second kappa shape index (κ2) is 7.13. The molecule has 0 aliphatic heterocycles. The Kier molecular flexibility index (Phi) is 5.21. The maximum Gasteiger partial charge on any atom is 0.295 e. The fourth-order valence-electron chi connectivity index (χ4n) is 2.40. The zero-order chi connectivity index (χ0) is 17.0. The van der Waals surface area contributed by atoms with Crippen molar-refractivity contribution in [1.82, 2.24) is 9.36 Å². The van der Waals surface area contributed by atoms with Gasteiger partial charge in [-0.2, -0.15) is 0 Å². The highest BCUT2D eigenvalue weighted by Crippen LogP contribution is 2.16. The van der Waals surface area contributed by atoms with Crippen LogP contribution >= 0.6 is 0 Å². The molecule has 23 heavy (non-hydrogen) atoms. The van der Waals surface area contributed by atoms with Gasteiger partial charge in [-0.15, -0.1) is 0 Å². The summed E-state index contributed by atoms with van der Waals surface area (Å²) in [5, 5.41) is 3.15. The van der Waals surface area contributed by atoms with Gasteiger partial charge < -0.3 is 5.32 Å². The van der Waals surface area contributed by atoms with Crippen LogP contribution in [0, 0.1) is 6.92 Å². The molecule has 0 bridgehead atoms. The first-order chi connectivity index (χ1) is 11.0. The van der Waals surface area contributed by atoms with Gasteiger partial charge in [-0.25, -0.2) is 4.68 Å². The van der Waals surface area contributed by atoms with Crippen LogP contribution in [0.15, 0.2) is 46.9 Å². The van der Waals surface area contributed by atoms with E-state index in [0.717, 1.165) is 17.1 Å². The van der Waals surface area contributed by atoms with Crippen molar-refractivity contribution in [3.63, 3.8) is 0 Å². The van der Waals surface area contributed by atoms with Crippen molar-refractivity contribution < 1.29 is 4.79 Å². The summed E-state index contributed by atoms with van der Waals surface area (Å²) < 4.78 is 3.43. The Balaban J connectivity index is 2.48. The number of para-hydroxylation sites is 1. The maximum atomic E-state index is 12.8. The van der Waals surface area contributed by atoms with E-state index in [-0.39, 0.29) is 11.3 Å². The van der Waals surface area contributed by atoms with Crippen molar-refractivity contribution >= 4 is 11.5 Å². The normalized spacial score (nSPS) is 11.6. The second-order valence-electron chi connectivity index (χ2n) is 5.40. The molecule has 1 aromatic carbocycles. The minimum atomic E-state index is -0.125. The quantitative estimate of drug-likeness (QED) is 0.833. The van der Waals surface area contributed by atoms with Gasteiger partial charge in [0.25, 0.3) is 5.56 Å². The molecule has 0 unspecified atom stereocenters. The SMILES string of the molecule is CCC(=O)/C=C(/CC)Nc1c(C)n(C)n(-c2ccccc2)c1=O. The lowest BCUT2D eigenvalue weighted by Gasteiger charge is -2.08. The number of nitrogens with one attached hydrogen (secondary N) is 1. The first kappa shape index (κ1) is 16.8. The fourth-order valence-corrected chi connectivity index (χ4v) is 2.40. The molecule has 5 nitrogen and oxygen atoms in total. The highest BCUT2D eigenvalue weighted by molar-refractivity contribution is 5.90. The van der Waals surface area contributed by atoms with Crippen molar-refractivity contribution in [3.8, 4) is 5.69 Å². The summed E-state index contributed by atoms with van der Waals surface area (Å²) in [5.41, 5.74) is 2.76. The zero-order valence-electron chi connectivity index (χ0n) is 14.1. The smallest absolute Gasteiger partial charge is 0.295 e. The molecule has 0 aliphatic rings. The predicted octanol–water partition coefficient (Wildman–Crippen LogP) is 3.17. The number of carbonyl (C=O) groups is 1. The number of rotatable bonds is 6. The van der Waals surface area contributed by atoms with Crippen LogP contribution in [0.3, 0.4) is 0 Å². The van der Waals surface area contributed by atoms with Gasteiger partial charge in [0.2, 0.25) is 0 Å². The van der Waals surface area contributed by atoms with Crippen molar-refractivity contribution in [3.05, 3.63) is 58.2 Å². The summed E-state index contributed by atoms with van der Waals surface area (Å²) in [6, 6.07) is 9.49. The molecule has 1 aromatic heterocycles. The predicted molar refractivity (Wildman–Crippen MR) is 93.0 cm³/mol. The van der Waals surface area contributed by atoms with Crippen molar-refractivity contribution in [1.29, 1.82) is 0 Å². The number of hydrogen-bond acceptors (Lipinski definition) is 3. The molecule has 0 aliphatic carbocycles. The van der Waals surface area contributed by atoms with Crippen molar-refractivity contribution in [2.75, 3.05) is 5.32 Å². The summed E-state index contributed by atoms with van der Waals surface area (Å²) >= 11 is 0. The van der Waals surface area contributed by atoms with Gasteiger partial charge in [0.15, 0.2) is 5.78 Å². The van der Waals surface area contributed by atoms with Crippen LogP contribution in [0.1, 0.15) is 32.4 Å². The fraction of sp³-hybridized carbons (Fsp3) is 0.333. The van der Waals surface area contributed by atoms with E-state index < -0.39 is 0 Å². The lowest BCUT2D eigenvalue weighted by Crippen LogP contribution is -2.21. The number of ketones is 1. The molecule has 0 atom stereocenters. The molecule has 0 fully saturated rings. The minimum Gasteiger partial charge on any atom is -0.353 e. The Morgan fingerprint density at radius 2 is 1.83 bits per heavy atom. The third kappa shape index (κ3) is 3.44. The van der Waals surface area contributed by atoms with E-state index >= 15 is 0 Å². The van der Waals surface area contributed by atoms with Gasteiger partial charge in [-0.1, -0.05) is 32.0 Å². The van der Waals surface area contributed by atoms with Crippen LogP contribution in [-0.4, -0.2) is 15.1 Å². The van der Waals surface area contributed by atoms with E-state index in [1.807, 2.05) is 62.8 Å². The largest absolute Gasteiger partial charge is 0.353 e. The number of nitrogens with zero attached hydrogens (tertiary/aromatic N) is 2. The first-order valence-corrected chi connectivity index (χ1v) is 7.84. The maximum absolute atomic E-state index is 12.8. The van der Waals surface area contributed by atoms with Crippen LogP contribution in [0.4, 0.5) is 5.69 Å². The van der Waals surface area contributed by atoms with Crippen LogP contribution in [0.25, 0.3) is 5.69 Å². The molecule has 2 aromatic rings. The van der Waals surface area contributed by atoms with E-state index in [1.54, 1.807) is 10.8 Å². The Morgan fingerprint density at radius 1 is 1.17 bits per heavy atom. The summed E-state index contributed by atoms with van der Waals surface area (Å²) in [4.78, 5) is 24.4. The summed E-state index contributed by atoms with van der Waals surface area (Å²) in [6.45, 7) is 5.66. The topological polar surface area (TPSA) is 56.0 Å². The molecular formula is C18H23N3O2. The summed E-state index contributed by atoms with van der Waals surface area (Å²) in [5.74, 6) is 0.0475. The molecule has 0 amide bonds. The van der Waals surface area contributed by atoms with Gasteiger partial charge >= 0.3 is 0 Å². The Bertz CT molecular complexity index is 783. The molecular weight excluding hydrogens is 290 g/mol. The number of hydrogen-bond donors (Lipinski definition) is 1. The molecule has 0 spiro atoms. The van der Waals surface area contributed by atoms with E-state index in [0.29, 0.717) is 18.5 Å². The number of carbonyl (C=O) groups excluding carboxylic acids is 1. The lowest BCUT2D eigenvalue weighted by molar-refractivity contribution is -0.114. The molecule has 5 heteroatoms. The van der Waals surface area contributed by atoms with E-state index in [1.165, 1.54) is 0 Å². The summed E-state index contributed by atoms with van der Waals surface area (Å²) in [7, 11) is 1.85. The average molecular weight is 313 g/mol. The van der Waals surface area contributed by atoms with Gasteiger partial charge in [0, 0.05) is 25.2 Å². The summed E-state index contributed by atoms with van der Waals surface area (Å²) in [6.07, 6.45) is 2.69. The molecule has 1 heterocycles. The van der Waals surface area contributed by atoms with E-state index in [9.17, 15) is 9.59 Å². The van der Waals surface area contributed by atoms with Crippen molar-refractivity contribution in [2.45, 2.75) is 33.6 Å². The number of aromatic nitrogens is 2. The standard InChI is InChI=1S/C18H23N3O2/c1-5-14(12-16(22)6-2)19-17-13(3)20(4)21(18(17)23)15-10-8-7-9-11-15/h7-12,19H,5-6H2,1-4H3/b14-12-. The van der Waals surface area contributed by atoms with Gasteiger partial charge in [0.1, 0.15) is 5.69 Å². The highest BCUT2D eigenvalue weighted by Gasteiger charge is 2.16. The highest BCUT2D eigenvalue weighted by atomic mass is 16.1. The van der Waals surface area contributed by atoms with Crippen LogP contribution in [-0.2, 0) is 11.8 Å². The van der Waals surface area contributed by atoms with Gasteiger partial charge in [-0.05, 0) is 25.5 Å². The lowest BCUT2D eigenvalue weighted by atomic mass is 10.2. The molecule has 0 saturated heterocycles. The zero-order valence-corrected chi connectivity index (χ0v) is 14.1. The molecule has 0 radical (unpaired) electrons. The number of anilines is 1. The Labute approximate surface area is 136 Å². The average Bonchev–Trinajstić information content (AvgIpc) is 2.78. The van der Waals surface area contributed by atoms with Gasteiger partial charge in [-0.3, -0.25) is 14.3 Å². The van der Waals surface area contributed by atoms with Gasteiger partial charge in [0.05, 0.1) is 11.4 Å². The second-order valence-corrected chi connectivity index (χ2v) is 5.40. The van der Waals surface area contributed by atoms with Crippen LogP contribution < -0.4 is 10.9 Å². The van der Waals surface area contributed by atoms with E-state index in [4.69, 9.17) is 0 Å². The molecule has 2 rings (SSSR count). The molecule has 1 N–H and O–H groups in total. The minimum absolute atomic E-state index is 0.0475. The van der Waals surface area contributed by atoms with E-state index in [2.05, 4.69) is 5.32 Å². The number of benzene rings is 1. The Hall–Kier alpha value is -2.56. The molecule has 122 valence electrons. The molecule has 0 saturated carbocycles. The van der Waals surface area contributed by atoms with Crippen LogP contribution in [0.2, 0.25) is 0 Å². The monoisotopic (exact) mass is 313 g/mol. The number of allylic oxidation sites excluding steroid dienone is 2. The Morgan fingerprint density at radius 3 is 2.39 bits per heavy atom.